The van der Waals surface area contributed by atoms with Gasteiger partial charge < -0.3 is 10.1 Å². The zero-order valence-electron chi connectivity index (χ0n) is 13.0. The van der Waals surface area contributed by atoms with Crippen molar-refractivity contribution in [1.29, 1.82) is 0 Å². The predicted molar refractivity (Wildman–Crippen MR) is 94.3 cm³/mol. The molecule has 6 nitrogen and oxygen atoms in total. The lowest BCUT2D eigenvalue weighted by atomic mass is 10.1. The van der Waals surface area contributed by atoms with Gasteiger partial charge in [-0.25, -0.2) is 13.6 Å². The number of ether oxygens (including phenoxy) is 1. The molecule has 0 aliphatic heterocycles. The zero-order valence-corrected chi connectivity index (χ0v) is 15.4. The van der Waals surface area contributed by atoms with Gasteiger partial charge in [-0.2, -0.15) is 0 Å². The van der Waals surface area contributed by atoms with Crippen LogP contribution in [0, 0.1) is 0 Å². The van der Waals surface area contributed by atoms with Gasteiger partial charge in [0.05, 0.1) is 17.1 Å². The van der Waals surface area contributed by atoms with E-state index in [0.717, 1.165) is 10.0 Å². The third kappa shape index (κ3) is 4.80. The molecule has 1 amide bonds. The highest BCUT2D eigenvalue weighted by Gasteiger charge is 2.13. The fraction of sp³-hybridized carbons (Fsp3) is 0.188. The standard InChI is InChI=1S/C16H17BrN2O4S/c1-2-23-15-8-5-12(17)9-14(15)16(20)19-10-11-3-6-13(7-4-11)24(18,21)22/h3-9H,2,10H2,1H3,(H,19,20)(H2,18,21,22). The Hall–Kier alpha value is -1.90. The molecule has 0 unspecified atom stereocenters. The third-order valence-corrected chi connectivity index (χ3v) is 4.61. The average Bonchev–Trinajstić information content (AvgIpc) is 2.54. The van der Waals surface area contributed by atoms with E-state index in [2.05, 4.69) is 21.2 Å². The maximum absolute atomic E-state index is 12.4. The molecule has 0 radical (unpaired) electrons. The second-order valence-electron chi connectivity index (χ2n) is 4.95. The van der Waals surface area contributed by atoms with Crippen molar-refractivity contribution < 1.29 is 17.9 Å². The van der Waals surface area contributed by atoms with Gasteiger partial charge in [0, 0.05) is 11.0 Å². The Labute approximate surface area is 149 Å². The Morgan fingerprint density at radius 1 is 1.21 bits per heavy atom. The molecule has 0 aliphatic rings. The number of hydrogen-bond donors (Lipinski definition) is 2. The molecule has 2 aromatic carbocycles. The quantitative estimate of drug-likeness (QED) is 0.760. The molecule has 24 heavy (non-hydrogen) atoms. The van der Waals surface area contributed by atoms with E-state index in [0.29, 0.717) is 17.9 Å². The first-order valence-electron chi connectivity index (χ1n) is 7.13. The molecule has 0 saturated heterocycles. The third-order valence-electron chi connectivity index (χ3n) is 3.19. The molecule has 0 saturated carbocycles. The highest BCUT2D eigenvalue weighted by molar-refractivity contribution is 9.10. The van der Waals surface area contributed by atoms with E-state index in [4.69, 9.17) is 9.88 Å². The minimum absolute atomic E-state index is 0.0307. The summed E-state index contributed by atoms with van der Waals surface area (Å²) in [6.45, 7) is 2.55. The largest absolute Gasteiger partial charge is 0.493 e. The van der Waals surface area contributed by atoms with Crippen molar-refractivity contribution >= 4 is 31.9 Å². The van der Waals surface area contributed by atoms with Crippen LogP contribution in [0.1, 0.15) is 22.8 Å². The number of carbonyl (C=O) groups is 1. The predicted octanol–water partition coefficient (Wildman–Crippen LogP) is 2.43. The van der Waals surface area contributed by atoms with E-state index in [1.54, 1.807) is 30.3 Å². The van der Waals surface area contributed by atoms with Gasteiger partial charge in [0.15, 0.2) is 0 Å². The van der Waals surface area contributed by atoms with Crippen LogP contribution in [0.15, 0.2) is 51.8 Å². The van der Waals surface area contributed by atoms with Gasteiger partial charge in [0.1, 0.15) is 5.75 Å². The van der Waals surface area contributed by atoms with Gasteiger partial charge in [-0.3, -0.25) is 4.79 Å². The van der Waals surface area contributed by atoms with Gasteiger partial charge in [0.2, 0.25) is 10.0 Å². The van der Waals surface area contributed by atoms with Crippen LogP contribution in [0.5, 0.6) is 5.75 Å². The second kappa shape index (κ2) is 7.78. The molecule has 2 aromatic rings. The molecule has 3 N–H and O–H groups in total. The van der Waals surface area contributed by atoms with Crippen LogP contribution < -0.4 is 15.2 Å². The van der Waals surface area contributed by atoms with Gasteiger partial charge in [-0.05, 0) is 42.8 Å². The number of benzene rings is 2. The molecular formula is C16H17BrN2O4S. The van der Waals surface area contributed by atoms with E-state index < -0.39 is 10.0 Å². The number of rotatable bonds is 6. The first kappa shape index (κ1) is 18.4. The van der Waals surface area contributed by atoms with Crippen molar-refractivity contribution in [3.8, 4) is 5.75 Å². The van der Waals surface area contributed by atoms with Crippen molar-refractivity contribution in [2.45, 2.75) is 18.4 Å². The van der Waals surface area contributed by atoms with E-state index in [1.807, 2.05) is 6.92 Å². The minimum atomic E-state index is -3.72. The summed E-state index contributed by atoms with van der Waals surface area (Å²) in [6.07, 6.45) is 0. The first-order chi connectivity index (χ1) is 11.3. The Kier molecular flexibility index (Phi) is 5.98. The summed E-state index contributed by atoms with van der Waals surface area (Å²) in [6, 6.07) is 11.2. The van der Waals surface area contributed by atoms with Gasteiger partial charge in [-0.1, -0.05) is 28.1 Å². The molecule has 0 aliphatic carbocycles. The molecule has 0 atom stereocenters. The Morgan fingerprint density at radius 3 is 2.46 bits per heavy atom. The summed E-state index contributed by atoms with van der Waals surface area (Å²) in [5.41, 5.74) is 1.18. The fourth-order valence-electron chi connectivity index (χ4n) is 2.04. The Balaban J connectivity index is 2.09. The van der Waals surface area contributed by atoms with Gasteiger partial charge in [-0.15, -0.1) is 0 Å². The first-order valence-corrected chi connectivity index (χ1v) is 9.47. The molecule has 128 valence electrons. The lowest BCUT2D eigenvalue weighted by Gasteiger charge is -2.11. The molecule has 0 spiro atoms. The summed E-state index contributed by atoms with van der Waals surface area (Å²) in [5, 5.41) is 7.83. The SMILES string of the molecule is CCOc1ccc(Br)cc1C(=O)NCc1ccc(S(N)(=O)=O)cc1. The Bertz CT molecular complexity index is 836. The summed E-state index contributed by atoms with van der Waals surface area (Å²) in [7, 11) is -3.72. The van der Waals surface area contributed by atoms with Gasteiger partial charge in [0.25, 0.3) is 5.91 Å². The van der Waals surface area contributed by atoms with Crippen LogP contribution >= 0.6 is 15.9 Å². The number of amides is 1. The van der Waals surface area contributed by atoms with E-state index in [1.165, 1.54) is 12.1 Å². The van der Waals surface area contributed by atoms with Gasteiger partial charge >= 0.3 is 0 Å². The van der Waals surface area contributed by atoms with Crippen molar-refractivity contribution in [1.82, 2.24) is 5.32 Å². The molecule has 0 heterocycles. The van der Waals surface area contributed by atoms with Crippen molar-refractivity contribution in [3.05, 3.63) is 58.1 Å². The maximum Gasteiger partial charge on any atom is 0.255 e. The van der Waals surface area contributed by atoms with Crippen LogP contribution in [0.4, 0.5) is 0 Å². The molecule has 8 heteroatoms. The number of carbonyl (C=O) groups excluding carboxylic acids is 1. The van der Waals surface area contributed by atoms with E-state index >= 15 is 0 Å². The molecule has 0 aromatic heterocycles. The smallest absolute Gasteiger partial charge is 0.255 e. The van der Waals surface area contributed by atoms with Crippen LogP contribution in [0.3, 0.4) is 0 Å². The van der Waals surface area contributed by atoms with Crippen LogP contribution in [0.2, 0.25) is 0 Å². The topological polar surface area (TPSA) is 98.5 Å². The molecule has 2 rings (SSSR count). The number of nitrogens with one attached hydrogen (secondary N) is 1. The lowest BCUT2D eigenvalue weighted by Crippen LogP contribution is -2.23. The minimum Gasteiger partial charge on any atom is -0.493 e. The highest BCUT2D eigenvalue weighted by atomic mass is 79.9. The molecular weight excluding hydrogens is 396 g/mol. The number of primary sulfonamides is 1. The molecule has 0 fully saturated rings. The highest BCUT2D eigenvalue weighted by Crippen LogP contribution is 2.23. The van der Waals surface area contributed by atoms with Crippen LogP contribution in [-0.4, -0.2) is 20.9 Å². The number of hydrogen-bond acceptors (Lipinski definition) is 4. The monoisotopic (exact) mass is 412 g/mol. The average molecular weight is 413 g/mol. The summed E-state index contributed by atoms with van der Waals surface area (Å²) in [5.74, 6) is 0.220. The Morgan fingerprint density at radius 2 is 1.88 bits per heavy atom. The van der Waals surface area contributed by atoms with E-state index in [9.17, 15) is 13.2 Å². The van der Waals surface area contributed by atoms with Crippen molar-refractivity contribution in [2.24, 2.45) is 5.14 Å². The van der Waals surface area contributed by atoms with E-state index in [-0.39, 0.29) is 17.3 Å². The molecule has 0 bridgehead atoms. The van der Waals surface area contributed by atoms with Crippen molar-refractivity contribution in [2.75, 3.05) is 6.61 Å². The summed E-state index contributed by atoms with van der Waals surface area (Å²) < 4.78 is 28.7. The zero-order chi connectivity index (χ0) is 17.7. The number of halogens is 1. The number of nitrogens with two attached hydrogens (primary N) is 1. The summed E-state index contributed by atoms with van der Waals surface area (Å²) in [4.78, 5) is 12.4. The normalized spacial score (nSPS) is 11.1. The summed E-state index contributed by atoms with van der Waals surface area (Å²) >= 11 is 3.33. The van der Waals surface area contributed by atoms with Crippen molar-refractivity contribution in [3.63, 3.8) is 0 Å². The lowest BCUT2D eigenvalue weighted by molar-refractivity contribution is 0.0947. The fourth-order valence-corrected chi connectivity index (χ4v) is 2.91. The van der Waals surface area contributed by atoms with Crippen LogP contribution in [0.25, 0.3) is 0 Å². The second-order valence-corrected chi connectivity index (χ2v) is 7.42. The number of sulfonamides is 1. The van der Waals surface area contributed by atoms with Crippen LogP contribution in [-0.2, 0) is 16.6 Å². The maximum atomic E-state index is 12.4.